The number of hydrogen-bond donors (Lipinski definition) is 2. The zero-order valence-corrected chi connectivity index (χ0v) is 14.6. The van der Waals surface area contributed by atoms with E-state index in [0.717, 1.165) is 4.88 Å². The van der Waals surface area contributed by atoms with E-state index in [-0.39, 0.29) is 17.4 Å². The third kappa shape index (κ3) is 3.19. The van der Waals surface area contributed by atoms with Crippen molar-refractivity contribution < 1.29 is 9.53 Å². The highest BCUT2D eigenvalue weighted by Crippen LogP contribution is 2.39. The van der Waals surface area contributed by atoms with E-state index >= 15 is 0 Å². The van der Waals surface area contributed by atoms with Crippen molar-refractivity contribution >= 4 is 34.0 Å². The summed E-state index contributed by atoms with van der Waals surface area (Å²) in [7, 11) is 1.50. The number of amides is 1. The zero-order chi connectivity index (χ0) is 16.5. The number of nitriles is 1. The first-order valence-electron chi connectivity index (χ1n) is 6.90. The lowest BCUT2D eigenvalue weighted by Crippen LogP contribution is -2.60. The Hall–Kier alpha value is -1.36. The van der Waals surface area contributed by atoms with Crippen molar-refractivity contribution in [2.75, 3.05) is 12.4 Å². The number of nitrogens with one attached hydrogen (secondary N) is 2. The van der Waals surface area contributed by atoms with Gasteiger partial charge in [-0.3, -0.25) is 10.1 Å². The first kappa shape index (κ1) is 17.0. The molecule has 0 atom stereocenters. The Morgan fingerprint density at radius 2 is 2.18 bits per heavy atom. The third-order valence-electron chi connectivity index (χ3n) is 3.71. The summed E-state index contributed by atoms with van der Waals surface area (Å²) in [5, 5.41) is 14.9. The summed E-state index contributed by atoms with van der Waals surface area (Å²) < 4.78 is 5.37. The number of thiazole rings is 1. The molecule has 1 saturated carbocycles. The Balaban J connectivity index is 2.08. The number of rotatable bonds is 4. The van der Waals surface area contributed by atoms with E-state index in [9.17, 15) is 4.79 Å². The van der Waals surface area contributed by atoms with E-state index < -0.39 is 5.60 Å². The van der Waals surface area contributed by atoms with E-state index in [1.807, 2.05) is 27.0 Å². The molecular formula is C14H19ClN4O2S. The Bertz CT molecular complexity index is 611. The van der Waals surface area contributed by atoms with Gasteiger partial charge >= 0.3 is 0 Å². The Kier molecular flexibility index (Phi) is 4.66. The molecule has 0 spiro atoms. The SMILES string of the molecule is CO[C@]1(C(=O)Nc2nc(Cl)c(C(C)(C)C)s2)C[C@@H](NC#N)C1. The molecule has 1 aliphatic rings. The molecule has 1 aromatic rings. The maximum atomic E-state index is 12.4. The van der Waals surface area contributed by atoms with Gasteiger partial charge in [-0.1, -0.05) is 43.7 Å². The molecule has 0 aliphatic heterocycles. The molecule has 0 bridgehead atoms. The molecule has 120 valence electrons. The van der Waals surface area contributed by atoms with Crippen LogP contribution in [0.4, 0.5) is 5.13 Å². The van der Waals surface area contributed by atoms with E-state index in [1.54, 1.807) is 0 Å². The molecule has 0 saturated heterocycles. The van der Waals surface area contributed by atoms with Crippen molar-refractivity contribution in [3.8, 4) is 6.19 Å². The Labute approximate surface area is 138 Å². The van der Waals surface area contributed by atoms with Crippen LogP contribution < -0.4 is 10.6 Å². The Morgan fingerprint density at radius 1 is 1.55 bits per heavy atom. The summed E-state index contributed by atoms with van der Waals surface area (Å²) >= 11 is 7.51. The molecule has 1 amide bonds. The third-order valence-corrected chi connectivity index (χ3v) is 5.50. The second-order valence-electron chi connectivity index (χ2n) is 6.40. The van der Waals surface area contributed by atoms with Gasteiger partial charge < -0.3 is 10.1 Å². The van der Waals surface area contributed by atoms with Crippen LogP contribution in [0.15, 0.2) is 0 Å². The summed E-state index contributed by atoms with van der Waals surface area (Å²) in [6.07, 6.45) is 2.79. The maximum absolute atomic E-state index is 12.4. The van der Waals surface area contributed by atoms with Gasteiger partial charge in [0.25, 0.3) is 5.91 Å². The number of aromatic nitrogens is 1. The van der Waals surface area contributed by atoms with Crippen LogP contribution in [0.2, 0.25) is 5.15 Å². The average Bonchev–Trinajstić information content (AvgIpc) is 2.74. The monoisotopic (exact) mass is 342 g/mol. The van der Waals surface area contributed by atoms with Crippen molar-refractivity contribution in [2.24, 2.45) is 0 Å². The molecule has 1 heterocycles. The number of hydrogen-bond acceptors (Lipinski definition) is 6. The van der Waals surface area contributed by atoms with Crippen LogP contribution in [-0.4, -0.2) is 29.6 Å². The summed E-state index contributed by atoms with van der Waals surface area (Å²) in [5.74, 6) is -0.253. The second-order valence-corrected chi connectivity index (χ2v) is 7.76. The second kappa shape index (κ2) is 6.03. The van der Waals surface area contributed by atoms with Gasteiger partial charge in [-0.05, 0) is 5.41 Å². The van der Waals surface area contributed by atoms with Crippen LogP contribution in [0.3, 0.4) is 0 Å². The number of methoxy groups -OCH3 is 1. The molecule has 2 rings (SSSR count). The van der Waals surface area contributed by atoms with Gasteiger partial charge in [-0.2, -0.15) is 5.26 Å². The molecule has 8 heteroatoms. The quantitative estimate of drug-likeness (QED) is 0.648. The van der Waals surface area contributed by atoms with Gasteiger partial charge in [0.15, 0.2) is 16.9 Å². The molecule has 1 aromatic heterocycles. The largest absolute Gasteiger partial charge is 0.368 e. The highest BCUT2D eigenvalue weighted by molar-refractivity contribution is 7.16. The van der Waals surface area contributed by atoms with Crippen LogP contribution in [-0.2, 0) is 14.9 Å². The smallest absolute Gasteiger partial charge is 0.258 e. The van der Waals surface area contributed by atoms with Crippen molar-refractivity contribution in [3.63, 3.8) is 0 Å². The predicted octanol–water partition coefficient (Wildman–Crippen LogP) is 2.65. The highest BCUT2D eigenvalue weighted by Gasteiger charge is 2.51. The molecule has 1 aliphatic carbocycles. The van der Waals surface area contributed by atoms with Crippen molar-refractivity contribution in [1.82, 2.24) is 10.3 Å². The minimum atomic E-state index is -0.908. The molecular weight excluding hydrogens is 324 g/mol. The summed E-state index contributed by atoms with van der Waals surface area (Å²) in [6.45, 7) is 6.12. The van der Waals surface area contributed by atoms with E-state index in [1.165, 1.54) is 18.4 Å². The van der Waals surface area contributed by atoms with E-state index in [0.29, 0.717) is 23.1 Å². The molecule has 2 N–H and O–H groups in total. The average molecular weight is 343 g/mol. The van der Waals surface area contributed by atoms with Gasteiger partial charge in [0.1, 0.15) is 5.15 Å². The molecule has 6 nitrogen and oxygen atoms in total. The summed E-state index contributed by atoms with van der Waals surface area (Å²) in [5.41, 5.74) is -1.04. The van der Waals surface area contributed by atoms with Crippen LogP contribution in [0.25, 0.3) is 0 Å². The summed E-state index contributed by atoms with van der Waals surface area (Å²) in [4.78, 5) is 17.6. The molecule has 22 heavy (non-hydrogen) atoms. The fourth-order valence-electron chi connectivity index (χ4n) is 2.40. The lowest BCUT2D eigenvalue weighted by atomic mass is 9.75. The molecule has 0 radical (unpaired) electrons. The van der Waals surface area contributed by atoms with E-state index in [4.69, 9.17) is 21.6 Å². The molecule has 0 unspecified atom stereocenters. The minimum absolute atomic E-state index is 0.0271. The lowest BCUT2D eigenvalue weighted by Gasteiger charge is -2.43. The molecule has 0 aromatic carbocycles. The first-order chi connectivity index (χ1) is 10.2. The first-order valence-corrected chi connectivity index (χ1v) is 8.09. The number of carbonyl (C=O) groups excluding carboxylic acids is 1. The van der Waals surface area contributed by atoms with Gasteiger partial charge in [-0.25, -0.2) is 4.98 Å². The highest BCUT2D eigenvalue weighted by atomic mass is 35.5. The molecule has 1 fully saturated rings. The fraction of sp³-hybridized carbons (Fsp3) is 0.643. The van der Waals surface area contributed by atoms with Crippen LogP contribution >= 0.6 is 22.9 Å². The summed E-state index contributed by atoms with van der Waals surface area (Å²) in [6, 6.07) is -0.0271. The van der Waals surface area contributed by atoms with Gasteiger partial charge in [0, 0.05) is 26.0 Å². The van der Waals surface area contributed by atoms with Crippen LogP contribution in [0.5, 0.6) is 0 Å². The van der Waals surface area contributed by atoms with Gasteiger partial charge in [0.05, 0.1) is 4.88 Å². The van der Waals surface area contributed by atoms with Crippen LogP contribution in [0, 0.1) is 11.5 Å². The number of anilines is 1. The number of ether oxygens (including phenoxy) is 1. The topological polar surface area (TPSA) is 87.0 Å². The van der Waals surface area contributed by atoms with Gasteiger partial charge in [-0.15, -0.1) is 0 Å². The van der Waals surface area contributed by atoms with E-state index in [2.05, 4.69) is 15.6 Å². The Morgan fingerprint density at radius 3 is 2.64 bits per heavy atom. The standard InChI is InChI=1S/C14H19ClN4O2S/c1-13(2,3)9-10(15)18-12(22-9)19-11(20)14(21-4)5-8(6-14)17-7-16/h8,17H,5-6H2,1-4H3,(H,18,19,20)/t8-,14-. The van der Waals surface area contributed by atoms with Crippen molar-refractivity contribution in [1.29, 1.82) is 5.26 Å². The normalized spacial score (nSPS) is 24.3. The van der Waals surface area contributed by atoms with Crippen LogP contribution in [0.1, 0.15) is 38.5 Å². The zero-order valence-electron chi connectivity index (χ0n) is 13.0. The number of carbonyl (C=O) groups is 1. The lowest BCUT2D eigenvalue weighted by molar-refractivity contribution is -0.151. The number of nitrogens with zero attached hydrogens (tertiary/aromatic N) is 2. The van der Waals surface area contributed by atoms with Gasteiger partial charge in [0.2, 0.25) is 0 Å². The fourth-order valence-corrected chi connectivity index (χ4v) is 3.85. The van der Waals surface area contributed by atoms with Crippen molar-refractivity contribution in [2.45, 2.75) is 50.7 Å². The minimum Gasteiger partial charge on any atom is -0.368 e. The number of halogens is 1. The maximum Gasteiger partial charge on any atom is 0.258 e. The predicted molar refractivity (Wildman–Crippen MR) is 86.0 cm³/mol. The van der Waals surface area contributed by atoms with Crippen molar-refractivity contribution in [3.05, 3.63) is 10.0 Å².